The van der Waals surface area contributed by atoms with Crippen molar-refractivity contribution in [1.29, 1.82) is 0 Å². The molecule has 3 rings (SSSR count). The zero-order valence-corrected chi connectivity index (χ0v) is 14.8. The topological polar surface area (TPSA) is 102 Å². The fourth-order valence-corrected chi connectivity index (χ4v) is 2.90. The van der Waals surface area contributed by atoms with E-state index in [0.717, 1.165) is 5.56 Å². The number of nitrogens with one attached hydrogen (secondary N) is 2. The van der Waals surface area contributed by atoms with Crippen molar-refractivity contribution >= 4 is 22.5 Å². The molecular formula is C20H20N2O4. The summed E-state index contributed by atoms with van der Waals surface area (Å²) in [4.78, 5) is 28.2. The maximum absolute atomic E-state index is 12.7. The summed E-state index contributed by atoms with van der Waals surface area (Å²) in [5, 5.41) is 22.5. The molecule has 3 aromatic rings. The van der Waals surface area contributed by atoms with Crippen LogP contribution in [-0.4, -0.2) is 21.1 Å². The number of pyridine rings is 1. The molecular weight excluding hydrogens is 332 g/mol. The van der Waals surface area contributed by atoms with Gasteiger partial charge in [0.1, 0.15) is 17.1 Å². The number of benzene rings is 2. The quantitative estimate of drug-likeness (QED) is 0.567. The van der Waals surface area contributed by atoms with E-state index in [0.29, 0.717) is 11.2 Å². The molecule has 0 atom stereocenters. The summed E-state index contributed by atoms with van der Waals surface area (Å²) in [6.45, 7) is 5.95. The Hall–Kier alpha value is -3.28. The van der Waals surface area contributed by atoms with Crippen LogP contribution >= 0.6 is 0 Å². The molecule has 134 valence electrons. The first-order chi connectivity index (χ1) is 12.2. The third-order valence-corrected chi connectivity index (χ3v) is 4.19. The summed E-state index contributed by atoms with van der Waals surface area (Å²) < 4.78 is 0. The average molecular weight is 352 g/mol. The van der Waals surface area contributed by atoms with Crippen molar-refractivity contribution < 1.29 is 15.0 Å². The van der Waals surface area contributed by atoms with Crippen molar-refractivity contribution in [3.8, 4) is 11.5 Å². The van der Waals surface area contributed by atoms with E-state index in [4.69, 9.17) is 0 Å². The average Bonchev–Trinajstić information content (AvgIpc) is 2.54. The number of phenolic OH excluding ortho intramolecular Hbond substituents is 2. The first-order valence-electron chi connectivity index (χ1n) is 8.16. The molecule has 26 heavy (non-hydrogen) atoms. The molecule has 0 aliphatic carbocycles. The molecule has 6 heteroatoms. The predicted molar refractivity (Wildman–Crippen MR) is 101 cm³/mol. The Bertz CT molecular complexity index is 1060. The number of H-pyrrole nitrogens is 1. The number of amides is 1. The number of aromatic hydroxyl groups is 2. The molecule has 0 spiro atoms. The number of aromatic nitrogens is 1. The highest BCUT2D eigenvalue weighted by atomic mass is 16.3. The number of rotatable bonds is 2. The van der Waals surface area contributed by atoms with E-state index in [1.165, 1.54) is 18.3 Å². The second-order valence-electron chi connectivity index (χ2n) is 7.17. The lowest BCUT2D eigenvalue weighted by atomic mass is 9.85. The van der Waals surface area contributed by atoms with Gasteiger partial charge in [-0.25, -0.2) is 0 Å². The molecule has 0 unspecified atom stereocenters. The Kier molecular flexibility index (Phi) is 4.20. The van der Waals surface area contributed by atoms with Crippen LogP contribution in [0.5, 0.6) is 11.5 Å². The molecule has 1 aromatic heterocycles. The van der Waals surface area contributed by atoms with Crippen molar-refractivity contribution in [2.24, 2.45) is 0 Å². The molecule has 0 aliphatic rings. The minimum absolute atomic E-state index is 0.0124. The van der Waals surface area contributed by atoms with Gasteiger partial charge in [-0.1, -0.05) is 32.9 Å². The number of fused-ring (bicyclic) bond motifs is 1. The van der Waals surface area contributed by atoms with Crippen LogP contribution in [0, 0.1) is 0 Å². The van der Waals surface area contributed by atoms with Gasteiger partial charge in [-0.3, -0.25) is 9.59 Å². The molecule has 0 bridgehead atoms. The first-order valence-corrected chi connectivity index (χ1v) is 8.16. The van der Waals surface area contributed by atoms with Crippen LogP contribution in [0.4, 0.5) is 5.69 Å². The normalized spacial score (nSPS) is 11.5. The van der Waals surface area contributed by atoms with Crippen molar-refractivity contribution in [2.75, 3.05) is 5.32 Å². The number of anilines is 1. The number of aromatic amines is 1. The fourth-order valence-electron chi connectivity index (χ4n) is 2.90. The van der Waals surface area contributed by atoms with Gasteiger partial charge in [0.15, 0.2) is 0 Å². The van der Waals surface area contributed by atoms with Crippen LogP contribution in [0.15, 0.2) is 47.4 Å². The monoisotopic (exact) mass is 352 g/mol. The van der Waals surface area contributed by atoms with Gasteiger partial charge in [-0.05, 0) is 29.2 Å². The van der Waals surface area contributed by atoms with Crippen LogP contribution in [0.1, 0.15) is 36.7 Å². The third kappa shape index (κ3) is 3.13. The van der Waals surface area contributed by atoms with Gasteiger partial charge in [-0.15, -0.1) is 0 Å². The highest BCUT2D eigenvalue weighted by Gasteiger charge is 2.21. The minimum Gasteiger partial charge on any atom is -0.508 e. The van der Waals surface area contributed by atoms with Crippen LogP contribution in [0.2, 0.25) is 0 Å². The SMILES string of the molecule is CC(C)(C)c1ccc(O)cc1NC(=O)c1c[nH]c2cccc(O)c2c1=O. The molecule has 0 aliphatic heterocycles. The zero-order valence-electron chi connectivity index (χ0n) is 14.8. The second kappa shape index (κ2) is 6.22. The summed E-state index contributed by atoms with van der Waals surface area (Å²) in [6, 6.07) is 9.39. The van der Waals surface area contributed by atoms with E-state index in [-0.39, 0.29) is 27.9 Å². The number of carbonyl (C=O) groups is 1. The van der Waals surface area contributed by atoms with Gasteiger partial charge in [-0.2, -0.15) is 0 Å². The van der Waals surface area contributed by atoms with Crippen molar-refractivity contribution in [1.82, 2.24) is 4.98 Å². The van der Waals surface area contributed by atoms with E-state index in [2.05, 4.69) is 10.3 Å². The van der Waals surface area contributed by atoms with Crippen LogP contribution < -0.4 is 10.7 Å². The second-order valence-corrected chi connectivity index (χ2v) is 7.17. The van der Waals surface area contributed by atoms with Crippen molar-refractivity contribution in [3.63, 3.8) is 0 Å². The van der Waals surface area contributed by atoms with Gasteiger partial charge in [0.05, 0.1) is 10.9 Å². The highest BCUT2D eigenvalue weighted by Crippen LogP contribution is 2.32. The molecule has 1 amide bonds. The first kappa shape index (κ1) is 17.5. The molecule has 0 radical (unpaired) electrons. The number of hydrogen-bond donors (Lipinski definition) is 4. The Labute approximate surface area is 150 Å². The molecule has 1 heterocycles. The molecule has 0 fully saturated rings. The van der Waals surface area contributed by atoms with E-state index >= 15 is 0 Å². The number of hydrogen-bond acceptors (Lipinski definition) is 4. The molecule has 6 nitrogen and oxygen atoms in total. The summed E-state index contributed by atoms with van der Waals surface area (Å²) in [5.41, 5.74) is 0.737. The summed E-state index contributed by atoms with van der Waals surface area (Å²) in [7, 11) is 0. The smallest absolute Gasteiger partial charge is 0.261 e. The molecule has 0 saturated heterocycles. The lowest BCUT2D eigenvalue weighted by molar-refractivity contribution is 0.102. The number of phenols is 2. The lowest BCUT2D eigenvalue weighted by Crippen LogP contribution is -2.24. The lowest BCUT2D eigenvalue weighted by Gasteiger charge is -2.23. The third-order valence-electron chi connectivity index (χ3n) is 4.19. The van der Waals surface area contributed by atoms with Gasteiger partial charge >= 0.3 is 0 Å². The molecule has 4 N–H and O–H groups in total. The Balaban J connectivity index is 2.06. The Morgan fingerprint density at radius 2 is 1.85 bits per heavy atom. The van der Waals surface area contributed by atoms with Crippen LogP contribution in [0.3, 0.4) is 0 Å². The van der Waals surface area contributed by atoms with Crippen molar-refractivity contribution in [2.45, 2.75) is 26.2 Å². The fraction of sp³-hybridized carbons (Fsp3) is 0.200. The molecule has 2 aromatic carbocycles. The maximum atomic E-state index is 12.7. The van der Waals surface area contributed by atoms with Crippen LogP contribution in [-0.2, 0) is 5.41 Å². The van der Waals surface area contributed by atoms with E-state index in [9.17, 15) is 19.8 Å². The standard InChI is InChI=1S/C20H20N2O4/c1-20(2,3)13-8-7-11(23)9-15(13)22-19(26)12-10-21-14-5-4-6-16(24)17(14)18(12)25/h4-10,23-24H,1-3H3,(H,21,25)(H,22,26). The summed E-state index contributed by atoms with van der Waals surface area (Å²) >= 11 is 0. The highest BCUT2D eigenvalue weighted by molar-refractivity contribution is 6.06. The maximum Gasteiger partial charge on any atom is 0.261 e. The zero-order chi connectivity index (χ0) is 19.1. The summed E-state index contributed by atoms with van der Waals surface area (Å²) in [6.07, 6.45) is 1.32. The summed E-state index contributed by atoms with van der Waals surface area (Å²) in [5.74, 6) is -0.794. The predicted octanol–water partition coefficient (Wildman–Crippen LogP) is 3.49. The molecule has 0 saturated carbocycles. The van der Waals surface area contributed by atoms with Gasteiger partial charge in [0.2, 0.25) is 5.43 Å². The van der Waals surface area contributed by atoms with Crippen LogP contribution in [0.25, 0.3) is 10.9 Å². The number of carbonyl (C=O) groups excluding carboxylic acids is 1. The van der Waals surface area contributed by atoms with E-state index < -0.39 is 11.3 Å². The van der Waals surface area contributed by atoms with Crippen molar-refractivity contribution in [3.05, 3.63) is 63.9 Å². The van der Waals surface area contributed by atoms with E-state index in [1.54, 1.807) is 24.3 Å². The van der Waals surface area contributed by atoms with Gasteiger partial charge < -0.3 is 20.5 Å². The van der Waals surface area contributed by atoms with Gasteiger partial charge in [0.25, 0.3) is 5.91 Å². The van der Waals surface area contributed by atoms with E-state index in [1.807, 2.05) is 20.8 Å². The Morgan fingerprint density at radius 1 is 1.12 bits per heavy atom. The largest absolute Gasteiger partial charge is 0.508 e. The Morgan fingerprint density at radius 3 is 2.54 bits per heavy atom. The minimum atomic E-state index is -0.618. The van der Waals surface area contributed by atoms with Gasteiger partial charge in [0, 0.05) is 18.0 Å².